The number of aromatic amines is 1. The highest BCUT2D eigenvalue weighted by Crippen LogP contribution is 2.40. The second kappa shape index (κ2) is 5.94. The van der Waals surface area contributed by atoms with Gasteiger partial charge in [-0.2, -0.15) is 5.10 Å². The first kappa shape index (κ1) is 16.5. The summed E-state index contributed by atoms with van der Waals surface area (Å²) in [4.78, 5) is 13.5. The highest BCUT2D eigenvalue weighted by molar-refractivity contribution is 9.10. The molecule has 2 aromatic heterocycles. The standard InChI is InChI=1S/C16H20BrN3O2S/c1-15(2,3)22-14(21)19-16(13-6-11(17)9-23-13)5-4-12-10(7-16)8-18-20-12/h6,8-9H,4-5,7H2,1-3H3,(H,18,20)(H,19,21). The van der Waals surface area contributed by atoms with Gasteiger partial charge in [-0.25, -0.2) is 4.79 Å². The van der Waals surface area contributed by atoms with Crippen LogP contribution in [0.5, 0.6) is 0 Å². The molecular weight excluding hydrogens is 378 g/mol. The van der Waals surface area contributed by atoms with Crippen LogP contribution in [0.25, 0.3) is 0 Å². The number of aromatic nitrogens is 2. The van der Waals surface area contributed by atoms with Gasteiger partial charge in [-0.15, -0.1) is 11.3 Å². The number of amides is 1. The molecule has 5 nitrogen and oxygen atoms in total. The monoisotopic (exact) mass is 397 g/mol. The van der Waals surface area contributed by atoms with E-state index in [9.17, 15) is 4.79 Å². The quantitative estimate of drug-likeness (QED) is 0.799. The summed E-state index contributed by atoms with van der Waals surface area (Å²) in [5.74, 6) is 0. The molecule has 7 heteroatoms. The Balaban J connectivity index is 1.91. The number of hydrogen-bond donors (Lipinski definition) is 2. The number of alkyl carbamates (subject to hydrolysis) is 1. The molecule has 2 heterocycles. The van der Waals surface area contributed by atoms with E-state index in [1.54, 1.807) is 11.3 Å². The van der Waals surface area contributed by atoms with E-state index >= 15 is 0 Å². The van der Waals surface area contributed by atoms with Crippen LogP contribution in [0.4, 0.5) is 4.79 Å². The van der Waals surface area contributed by atoms with Gasteiger partial charge in [-0.3, -0.25) is 5.10 Å². The number of carbonyl (C=O) groups is 1. The molecule has 1 aliphatic carbocycles. The molecular formula is C16H20BrN3O2S. The lowest BCUT2D eigenvalue weighted by Crippen LogP contribution is -2.50. The molecule has 2 aromatic rings. The Hall–Kier alpha value is -1.34. The molecule has 0 bridgehead atoms. The number of halogens is 1. The Labute approximate surface area is 147 Å². The summed E-state index contributed by atoms with van der Waals surface area (Å²) in [6.07, 6.45) is 3.88. The first-order chi connectivity index (χ1) is 10.8. The van der Waals surface area contributed by atoms with Crippen molar-refractivity contribution in [2.75, 3.05) is 0 Å². The van der Waals surface area contributed by atoms with Crippen molar-refractivity contribution in [1.82, 2.24) is 15.5 Å². The molecule has 124 valence electrons. The third-order valence-electron chi connectivity index (χ3n) is 3.87. The maximum atomic E-state index is 12.4. The number of fused-ring (bicyclic) bond motifs is 1. The molecule has 1 atom stereocenters. The molecule has 0 saturated heterocycles. The number of hydrogen-bond acceptors (Lipinski definition) is 4. The fourth-order valence-corrected chi connectivity index (χ4v) is 4.51. The SMILES string of the molecule is CC(C)(C)OC(=O)NC1(c2cc(Br)cs2)CCc2n[nH]cc2C1. The fourth-order valence-electron chi connectivity index (χ4n) is 2.90. The largest absolute Gasteiger partial charge is 0.444 e. The van der Waals surface area contributed by atoms with Crippen LogP contribution in [0.1, 0.15) is 43.3 Å². The minimum atomic E-state index is -0.517. The first-order valence-corrected chi connectivity index (χ1v) is 9.22. The number of nitrogens with zero attached hydrogens (tertiary/aromatic N) is 1. The highest BCUT2D eigenvalue weighted by Gasteiger charge is 2.40. The first-order valence-electron chi connectivity index (χ1n) is 7.55. The average molecular weight is 398 g/mol. The Morgan fingerprint density at radius 1 is 1.52 bits per heavy atom. The van der Waals surface area contributed by atoms with Gasteiger partial charge in [0.25, 0.3) is 0 Å². The number of rotatable bonds is 2. The number of thiophene rings is 1. The lowest BCUT2D eigenvalue weighted by atomic mass is 9.79. The van der Waals surface area contributed by atoms with Crippen molar-refractivity contribution in [3.05, 3.63) is 38.3 Å². The summed E-state index contributed by atoms with van der Waals surface area (Å²) < 4.78 is 6.51. The summed E-state index contributed by atoms with van der Waals surface area (Å²) in [5.41, 5.74) is 1.27. The molecule has 0 fully saturated rings. The van der Waals surface area contributed by atoms with Gasteiger partial charge in [0.2, 0.25) is 0 Å². The predicted molar refractivity (Wildman–Crippen MR) is 93.7 cm³/mol. The number of carbonyl (C=O) groups excluding carboxylic acids is 1. The summed E-state index contributed by atoms with van der Waals surface area (Å²) in [5, 5.41) is 12.4. The van der Waals surface area contributed by atoms with Crippen LogP contribution in [-0.4, -0.2) is 21.9 Å². The van der Waals surface area contributed by atoms with Gasteiger partial charge in [-0.05, 0) is 61.2 Å². The van der Waals surface area contributed by atoms with Crippen LogP contribution in [0.15, 0.2) is 22.1 Å². The molecule has 3 rings (SSSR count). The third kappa shape index (κ3) is 3.61. The van der Waals surface area contributed by atoms with Gasteiger partial charge in [0, 0.05) is 27.3 Å². The van der Waals surface area contributed by atoms with E-state index in [1.165, 1.54) is 0 Å². The Bertz CT molecular complexity index is 719. The molecule has 2 N–H and O–H groups in total. The zero-order chi connectivity index (χ0) is 16.7. The smallest absolute Gasteiger partial charge is 0.408 e. The van der Waals surface area contributed by atoms with Crippen molar-refractivity contribution in [2.45, 2.75) is 51.2 Å². The van der Waals surface area contributed by atoms with E-state index in [2.05, 4.69) is 37.5 Å². The van der Waals surface area contributed by atoms with Crippen molar-refractivity contribution in [3.8, 4) is 0 Å². The number of ether oxygens (including phenoxy) is 1. The lowest BCUT2D eigenvalue weighted by Gasteiger charge is -2.37. The molecule has 0 radical (unpaired) electrons. The predicted octanol–water partition coefficient (Wildman–Crippen LogP) is 4.14. The average Bonchev–Trinajstić information content (AvgIpc) is 3.04. The fraction of sp³-hybridized carbons (Fsp3) is 0.500. The van der Waals surface area contributed by atoms with Gasteiger partial charge >= 0.3 is 6.09 Å². The van der Waals surface area contributed by atoms with Crippen LogP contribution in [0.3, 0.4) is 0 Å². The molecule has 1 amide bonds. The van der Waals surface area contributed by atoms with Gasteiger partial charge in [-0.1, -0.05) is 0 Å². The lowest BCUT2D eigenvalue weighted by molar-refractivity contribution is 0.0442. The van der Waals surface area contributed by atoms with Gasteiger partial charge in [0.1, 0.15) is 5.60 Å². The molecule has 0 spiro atoms. The van der Waals surface area contributed by atoms with Crippen LogP contribution >= 0.6 is 27.3 Å². The molecule has 1 aliphatic rings. The van der Waals surface area contributed by atoms with Crippen molar-refractivity contribution in [1.29, 1.82) is 0 Å². The highest BCUT2D eigenvalue weighted by atomic mass is 79.9. The minimum absolute atomic E-state index is 0.381. The summed E-state index contributed by atoms with van der Waals surface area (Å²) in [6.45, 7) is 5.61. The van der Waals surface area contributed by atoms with Crippen molar-refractivity contribution in [2.24, 2.45) is 0 Å². The molecule has 1 unspecified atom stereocenters. The van der Waals surface area contributed by atoms with Crippen molar-refractivity contribution >= 4 is 33.4 Å². The van der Waals surface area contributed by atoms with Gasteiger partial charge in [0.05, 0.1) is 11.2 Å². The molecule has 23 heavy (non-hydrogen) atoms. The summed E-state index contributed by atoms with van der Waals surface area (Å²) >= 11 is 5.15. The Morgan fingerprint density at radius 3 is 2.96 bits per heavy atom. The second-order valence-corrected chi connectivity index (χ2v) is 8.70. The maximum absolute atomic E-state index is 12.4. The van der Waals surface area contributed by atoms with Crippen LogP contribution in [0, 0.1) is 0 Å². The van der Waals surface area contributed by atoms with E-state index in [4.69, 9.17) is 4.74 Å². The zero-order valence-electron chi connectivity index (χ0n) is 13.4. The van der Waals surface area contributed by atoms with Crippen LogP contribution in [0.2, 0.25) is 0 Å². The number of H-pyrrole nitrogens is 1. The molecule has 0 aliphatic heterocycles. The van der Waals surface area contributed by atoms with E-state index in [-0.39, 0.29) is 6.09 Å². The number of nitrogens with one attached hydrogen (secondary N) is 2. The normalized spacial score (nSPS) is 20.9. The summed E-state index contributed by atoms with van der Waals surface area (Å²) in [6, 6.07) is 2.08. The second-order valence-electron chi connectivity index (χ2n) is 6.87. The van der Waals surface area contributed by atoms with E-state index in [0.717, 1.165) is 33.4 Å². The maximum Gasteiger partial charge on any atom is 0.408 e. The molecule has 0 saturated carbocycles. The van der Waals surface area contributed by atoms with E-state index in [0.29, 0.717) is 6.42 Å². The number of aryl methyl sites for hydroxylation is 1. The topological polar surface area (TPSA) is 67.0 Å². The summed E-state index contributed by atoms with van der Waals surface area (Å²) in [7, 11) is 0. The Morgan fingerprint density at radius 2 is 2.30 bits per heavy atom. The van der Waals surface area contributed by atoms with Crippen molar-refractivity contribution < 1.29 is 9.53 Å². The van der Waals surface area contributed by atoms with E-state index < -0.39 is 11.1 Å². The van der Waals surface area contributed by atoms with Crippen molar-refractivity contribution in [3.63, 3.8) is 0 Å². The van der Waals surface area contributed by atoms with Crippen LogP contribution in [-0.2, 0) is 23.1 Å². The van der Waals surface area contributed by atoms with Crippen LogP contribution < -0.4 is 5.32 Å². The zero-order valence-corrected chi connectivity index (χ0v) is 15.8. The van der Waals surface area contributed by atoms with Gasteiger partial charge < -0.3 is 10.1 Å². The molecule has 0 aromatic carbocycles. The minimum Gasteiger partial charge on any atom is -0.444 e. The Kier molecular flexibility index (Phi) is 4.27. The van der Waals surface area contributed by atoms with E-state index in [1.807, 2.05) is 32.3 Å². The van der Waals surface area contributed by atoms with Gasteiger partial charge in [0.15, 0.2) is 0 Å². The third-order valence-corrected chi connectivity index (χ3v) is 5.76.